The molecule has 8 nitrogen and oxygen atoms in total. The number of nitrogens with zero attached hydrogens (tertiary/aromatic N) is 2. The zero-order valence-electron chi connectivity index (χ0n) is 20.2. The molecule has 2 heterocycles. The van der Waals surface area contributed by atoms with Gasteiger partial charge in [0.25, 0.3) is 5.91 Å². The number of amides is 3. The molecule has 0 bridgehead atoms. The van der Waals surface area contributed by atoms with Gasteiger partial charge in [0.2, 0.25) is 0 Å². The number of piperidine rings is 1. The van der Waals surface area contributed by atoms with Crippen LogP contribution in [-0.2, 0) is 6.42 Å². The second kappa shape index (κ2) is 12.1. The maximum absolute atomic E-state index is 13.0. The normalized spacial score (nSPS) is 13.8. The van der Waals surface area contributed by atoms with Crippen LogP contribution in [0.1, 0.15) is 46.1 Å². The summed E-state index contributed by atoms with van der Waals surface area (Å²) in [6, 6.07) is 9.39. The number of rotatable bonds is 9. The minimum absolute atomic E-state index is 0.0799. The highest BCUT2D eigenvalue weighted by molar-refractivity contribution is 5.95. The fourth-order valence-corrected chi connectivity index (χ4v) is 4.16. The van der Waals surface area contributed by atoms with Gasteiger partial charge in [-0.15, -0.1) is 6.58 Å². The number of likely N-dealkylation sites (tertiary alicyclic amines) is 1. The highest BCUT2D eigenvalue weighted by atomic mass is 16.5. The molecule has 0 radical (unpaired) electrons. The number of methoxy groups -OCH3 is 2. The molecule has 8 heteroatoms. The Morgan fingerprint density at radius 3 is 2.53 bits per heavy atom. The SMILES string of the molecule is C=CCNC(=O)N1CCC(c2nc(C)ccc2C(=O)NCCc2ccc(OC)c(OC)c2)CC1. The lowest BCUT2D eigenvalue weighted by Crippen LogP contribution is -2.44. The molecular weight excluding hydrogens is 432 g/mol. The van der Waals surface area contributed by atoms with Crippen LogP contribution < -0.4 is 20.1 Å². The highest BCUT2D eigenvalue weighted by Gasteiger charge is 2.27. The van der Waals surface area contributed by atoms with E-state index in [1.54, 1.807) is 25.2 Å². The Bertz CT molecular complexity index is 1020. The highest BCUT2D eigenvalue weighted by Crippen LogP contribution is 2.30. The quantitative estimate of drug-likeness (QED) is 0.552. The van der Waals surface area contributed by atoms with Gasteiger partial charge in [0.1, 0.15) is 0 Å². The number of carbonyl (C=O) groups excluding carboxylic acids is 2. The van der Waals surface area contributed by atoms with Crippen LogP contribution in [0.2, 0.25) is 0 Å². The summed E-state index contributed by atoms with van der Waals surface area (Å²) in [7, 11) is 3.21. The molecule has 2 aromatic rings. The molecule has 0 unspecified atom stereocenters. The number of benzene rings is 1. The monoisotopic (exact) mass is 466 g/mol. The first-order valence-electron chi connectivity index (χ1n) is 11.6. The van der Waals surface area contributed by atoms with Crippen LogP contribution in [0.4, 0.5) is 4.79 Å². The summed E-state index contributed by atoms with van der Waals surface area (Å²) in [5.41, 5.74) is 3.34. The molecule has 0 saturated carbocycles. The Morgan fingerprint density at radius 2 is 1.85 bits per heavy atom. The topological polar surface area (TPSA) is 92.8 Å². The fraction of sp³-hybridized carbons (Fsp3) is 0.423. The van der Waals surface area contributed by atoms with Crippen molar-refractivity contribution in [2.45, 2.75) is 32.1 Å². The summed E-state index contributed by atoms with van der Waals surface area (Å²) >= 11 is 0. The lowest BCUT2D eigenvalue weighted by Gasteiger charge is -2.32. The van der Waals surface area contributed by atoms with Gasteiger partial charge in [-0.05, 0) is 56.0 Å². The van der Waals surface area contributed by atoms with Crippen molar-refractivity contribution >= 4 is 11.9 Å². The van der Waals surface area contributed by atoms with Crippen LogP contribution in [0.15, 0.2) is 43.0 Å². The van der Waals surface area contributed by atoms with E-state index < -0.39 is 0 Å². The van der Waals surface area contributed by atoms with Gasteiger partial charge in [0, 0.05) is 37.8 Å². The molecule has 0 atom stereocenters. The molecule has 0 aliphatic carbocycles. The number of aryl methyl sites for hydroxylation is 1. The molecule has 1 aliphatic heterocycles. The van der Waals surface area contributed by atoms with Crippen LogP contribution in [0.5, 0.6) is 11.5 Å². The number of nitrogens with one attached hydrogen (secondary N) is 2. The van der Waals surface area contributed by atoms with E-state index in [9.17, 15) is 9.59 Å². The first-order chi connectivity index (χ1) is 16.5. The lowest BCUT2D eigenvalue weighted by molar-refractivity contribution is 0.0951. The van der Waals surface area contributed by atoms with E-state index >= 15 is 0 Å². The molecule has 0 spiro atoms. The van der Waals surface area contributed by atoms with Gasteiger partial charge in [0.15, 0.2) is 11.5 Å². The number of hydrogen-bond donors (Lipinski definition) is 2. The zero-order valence-corrected chi connectivity index (χ0v) is 20.2. The number of carbonyl (C=O) groups is 2. The van der Waals surface area contributed by atoms with Gasteiger partial charge < -0.3 is 25.0 Å². The maximum Gasteiger partial charge on any atom is 0.317 e. The lowest BCUT2D eigenvalue weighted by atomic mass is 9.90. The van der Waals surface area contributed by atoms with Crippen molar-refractivity contribution < 1.29 is 19.1 Å². The Kier molecular flexibility index (Phi) is 8.90. The molecule has 1 fully saturated rings. The molecule has 1 aromatic heterocycles. The van der Waals surface area contributed by atoms with E-state index in [0.29, 0.717) is 49.7 Å². The molecule has 34 heavy (non-hydrogen) atoms. The maximum atomic E-state index is 13.0. The minimum atomic E-state index is -0.130. The summed E-state index contributed by atoms with van der Waals surface area (Å²) in [5, 5.41) is 5.85. The van der Waals surface area contributed by atoms with Crippen molar-refractivity contribution in [3.63, 3.8) is 0 Å². The van der Waals surface area contributed by atoms with Crippen LogP contribution in [-0.4, -0.2) is 62.2 Å². The molecule has 1 aromatic carbocycles. The second-order valence-electron chi connectivity index (χ2n) is 8.32. The third kappa shape index (κ3) is 6.27. The average molecular weight is 467 g/mol. The van der Waals surface area contributed by atoms with Crippen molar-refractivity contribution in [2.75, 3.05) is 40.4 Å². The summed E-state index contributed by atoms with van der Waals surface area (Å²) in [4.78, 5) is 31.8. The van der Waals surface area contributed by atoms with Crippen molar-refractivity contribution in [3.8, 4) is 11.5 Å². The van der Waals surface area contributed by atoms with E-state index in [4.69, 9.17) is 14.5 Å². The van der Waals surface area contributed by atoms with E-state index in [1.165, 1.54) is 0 Å². The summed E-state index contributed by atoms with van der Waals surface area (Å²) < 4.78 is 10.6. The predicted octanol–water partition coefficient (Wildman–Crippen LogP) is 3.45. The third-order valence-corrected chi connectivity index (χ3v) is 6.02. The van der Waals surface area contributed by atoms with E-state index in [0.717, 1.165) is 29.8 Å². The number of pyridine rings is 1. The zero-order chi connectivity index (χ0) is 24.5. The van der Waals surface area contributed by atoms with Crippen LogP contribution in [0.3, 0.4) is 0 Å². The Labute approximate surface area is 201 Å². The molecule has 182 valence electrons. The summed E-state index contributed by atoms with van der Waals surface area (Å²) in [6.07, 6.45) is 3.87. The second-order valence-corrected chi connectivity index (χ2v) is 8.32. The van der Waals surface area contributed by atoms with Crippen molar-refractivity contribution in [3.05, 3.63) is 65.5 Å². The van der Waals surface area contributed by atoms with Gasteiger partial charge in [-0.3, -0.25) is 9.78 Å². The Hall–Kier alpha value is -3.55. The first kappa shape index (κ1) is 25.1. The number of hydrogen-bond acceptors (Lipinski definition) is 5. The van der Waals surface area contributed by atoms with Crippen LogP contribution in [0.25, 0.3) is 0 Å². The van der Waals surface area contributed by atoms with E-state index in [1.807, 2.05) is 37.3 Å². The summed E-state index contributed by atoms with van der Waals surface area (Å²) in [5.74, 6) is 1.35. The standard InChI is InChI=1S/C26H34N4O4/c1-5-13-28-26(32)30-15-11-20(12-16-30)24-21(8-6-18(2)29-24)25(31)27-14-10-19-7-9-22(33-3)23(17-19)34-4/h5-9,17,20H,1,10-16H2,2-4H3,(H,27,31)(H,28,32). The average Bonchev–Trinajstić information content (AvgIpc) is 2.87. The van der Waals surface area contributed by atoms with Crippen LogP contribution >= 0.6 is 0 Å². The van der Waals surface area contributed by atoms with Gasteiger partial charge in [-0.2, -0.15) is 0 Å². The van der Waals surface area contributed by atoms with Gasteiger partial charge >= 0.3 is 6.03 Å². The first-order valence-corrected chi connectivity index (χ1v) is 11.6. The minimum Gasteiger partial charge on any atom is -0.493 e. The van der Waals surface area contributed by atoms with Crippen molar-refractivity contribution in [1.82, 2.24) is 20.5 Å². The molecule has 3 rings (SSSR count). The number of ether oxygens (including phenoxy) is 2. The van der Waals surface area contributed by atoms with Crippen molar-refractivity contribution in [2.24, 2.45) is 0 Å². The van der Waals surface area contributed by atoms with Gasteiger partial charge in [0.05, 0.1) is 25.5 Å². The predicted molar refractivity (Wildman–Crippen MR) is 132 cm³/mol. The van der Waals surface area contributed by atoms with Gasteiger partial charge in [-0.1, -0.05) is 12.1 Å². The van der Waals surface area contributed by atoms with Crippen LogP contribution in [0, 0.1) is 6.92 Å². The summed E-state index contributed by atoms with van der Waals surface area (Å²) in [6.45, 7) is 7.75. The van der Waals surface area contributed by atoms with Gasteiger partial charge in [-0.25, -0.2) is 4.79 Å². The molecule has 3 amide bonds. The van der Waals surface area contributed by atoms with Crippen molar-refractivity contribution in [1.29, 1.82) is 0 Å². The third-order valence-electron chi connectivity index (χ3n) is 6.02. The van der Waals surface area contributed by atoms with E-state index in [2.05, 4.69) is 17.2 Å². The number of aromatic nitrogens is 1. The molecule has 1 aliphatic rings. The molecule has 2 N–H and O–H groups in total. The largest absolute Gasteiger partial charge is 0.493 e. The Balaban J connectivity index is 1.62. The fourth-order valence-electron chi connectivity index (χ4n) is 4.16. The smallest absolute Gasteiger partial charge is 0.317 e. The number of urea groups is 1. The molecule has 1 saturated heterocycles. The molecular formula is C26H34N4O4. The Morgan fingerprint density at radius 1 is 1.12 bits per heavy atom. The van der Waals surface area contributed by atoms with E-state index in [-0.39, 0.29) is 17.9 Å².